The maximum absolute atomic E-state index is 12.9. The molecule has 0 bridgehead atoms. The van der Waals surface area contributed by atoms with Crippen LogP contribution >= 0.6 is 0 Å². The second-order valence-corrected chi connectivity index (χ2v) is 6.92. The lowest BCUT2D eigenvalue weighted by Gasteiger charge is -2.21. The maximum Gasteiger partial charge on any atom is 0.346 e. The van der Waals surface area contributed by atoms with Gasteiger partial charge in [0.25, 0.3) is 5.91 Å². The van der Waals surface area contributed by atoms with E-state index in [1.807, 2.05) is 24.3 Å². The largest absolute Gasteiger partial charge is 0.497 e. The fourth-order valence-corrected chi connectivity index (χ4v) is 2.96. The first-order chi connectivity index (χ1) is 14.0. The summed E-state index contributed by atoms with van der Waals surface area (Å²) in [6.07, 6.45) is 3.56. The van der Waals surface area contributed by atoms with Crippen molar-refractivity contribution in [1.82, 2.24) is 10.3 Å². The number of nitrogens with zero attached hydrogens (tertiary/aromatic N) is 2. The molecule has 1 aliphatic rings. The molecule has 1 saturated heterocycles. The van der Waals surface area contributed by atoms with Crippen LogP contribution in [-0.4, -0.2) is 36.9 Å². The lowest BCUT2D eigenvalue weighted by Crippen LogP contribution is -2.40. The number of urea groups is 1. The lowest BCUT2D eigenvalue weighted by atomic mass is 9.92. The smallest absolute Gasteiger partial charge is 0.346 e. The lowest BCUT2D eigenvalue weighted by molar-refractivity contribution is -0.131. The highest BCUT2D eigenvalue weighted by atomic mass is 16.5. The molecule has 1 N–H and O–H groups in total. The topological polar surface area (TPSA) is 80.2 Å². The van der Waals surface area contributed by atoms with Gasteiger partial charge in [-0.1, -0.05) is 25.5 Å². The van der Waals surface area contributed by atoms with Gasteiger partial charge < -0.3 is 14.8 Å². The van der Waals surface area contributed by atoms with Gasteiger partial charge in [0, 0.05) is 0 Å². The number of unbranched alkanes of at least 4 members (excludes halogenated alkanes) is 1. The molecule has 3 amide bonds. The van der Waals surface area contributed by atoms with E-state index in [1.165, 1.54) is 6.21 Å². The summed E-state index contributed by atoms with van der Waals surface area (Å²) >= 11 is 0. The SMILES string of the molecule is CCCCOc1ccc(/C=N/N2C(=O)NC(C)(c3ccc(OC)cc3)C2=O)cc1. The van der Waals surface area contributed by atoms with E-state index >= 15 is 0 Å². The van der Waals surface area contributed by atoms with Gasteiger partial charge in [0.2, 0.25) is 0 Å². The summed E-state index contributed by atoms with van der Waals surface area (Å²) in [6.45, 7) is 4.45. The second kappa shape index (κ2) is 8.77. The third-order valence-electron chi connectivity index (χ3n) is 4.81. The Hall–Kier alpha value is -3.35. The normalized spacial score (nSPS) is 18.9. The molecule has 0 aromatic heterocycles. The molecule has 0 aliphatic carbocycles. The van der Waals surface area contributed by atoms with Crippen LogP contribution in [0.1, 0.15) is 37.8 Å². The van der Waals surface area contributed by atoms with Crippen molar-refractivity contribution in [3.8, 4) is 11.5 Å². The van der Waals surface area contributed by atoms with Crippen molar-refractivity contribution in [2.24, 2.45) is 5.10 Å². The van der Waals surface area contributed by atoms with E-state index in [4.69, 9.17) is 9.47 Å². The second-order valence-electron chi connectivity index (χ2n) is 6.92. The fourth-order valence-electron chi connectivity index (χ4n) is 2.96. The van der Waals surface area contributed by atoms with Crippen LogP contribution in [0, 0.1) is 0 Å². The zero-order valence-corrected chi connectivity index (χ0v) is 16.8. The van der Waals surface area contributed by atoms with Crippen LogP contribution in [0.15, 0.2) is 53.6 Å². The zero-order chi connectivity index (χ0) is 20.9. The van der Waals surface area contributed by atoms with Crippen molar-refractivity contribution in [2.45, 2.75) is 32.2 Å². The molecule has 1 aliphatic heterocycles. The van der Waals surface area contributed by atoms with Crippen LogP contribution in [0.5, 0.6) is 11.5 Å². The molecule has 2 aromatic rings. The van der Waals surface area contributed by atoms with Crippen molar-refractivity contribution in [3.05, 3.63) is 59.7 Å². The van der Waals surface area contributed by atoms with E-state index in [9.17, 15) is 9.59 Å². The molecule has 0 spiro atoms. The Bertz CT molecular complexity index is 893. The molecule has 3 rings (SSSR count). The number of hydrogen-bond acceptors (Lipinski definition) is 5. The van der Waals surface area contributed by atoms with Crippen molar-refractivity contribution in [3.63, 3.8) is 0 Å². The fraction of sp³-hybridized carbons (Fsp3) is 0.318. The summed E-state index contributed by atoms with van der Waals surface area (Å²) in [5.41, 5.74) is 0.229. The van der Waals surface area contributed by atoms with E-state index in [-0.39, 0.29) is 0 Å². The van der Waals surface area contributed by atoms with E-state index in [0.717, 1.165) is 29.2 Å². The van der Waals surface area contributed by atoms with E-state index in [0.29, 0.717) is 17.9 Å². The van der Waals surface area contributed by atoms with Crippen LogP contribution < -0.4 is 14.8 Å². The maximum atomic E-state index is 12.9. The summed E-state index contributed by atoms with van der Waals surface area (Å²) in [7, 11) is 1.57. The molecule has 1 atom stereocenters. The predicted octanol–water partition coefficient (Wildman–Crippen LogP) is 3.68. The minimum atomic E-state index is -1.18. The Kier molecular flexibility index (Phi) is 6.16. The van der Waals surface area contributed by atoms with Gasteiger partial charge in [-0.15, -0.1) is 5.01 Å². The number of hydrazone groups is 1. The molecule has 0 saturated carbocycles. The molecule has 0 radical (unpaired) electrons. The molecule has 1 fully saturated rings. The molecule has 7 nitrogen and oxygen atoms in total. The van der Waals surface area contributed by atoms with E-state index < -0.39 is 17.5 Å². The van der Waals surface area contributed by atoms with Gasteiger partial charge in [0.1, 0.15) is 17.0 Å². The number of hydrogen-bond donors (Lipinski definition) is 1. The first-order valence-electron chi connectivity index (χ1n) is 9.56. The minimum Gasteiger partial charge on any atom is -0.497 e. The van der Waals surface area contributed by atoms with Crippen LogP contribution in [0.25, 0.3) is 0 Å². The Morgan fingerprint density at radius 1 is 1.07 bits per heavy atom. The monoisotopic (exact) mass is 395 g/mol. The number of carbonyl (C=O) groups excluding carboxylic acids is 2. The van der Waals surface area contributed by atoms with Crippen molar-refractivity contribution >= 4 is 18.2 Å². The Balaban J connectivity index is 1.71. The number of rotatable bonds is 8. The van der Waals surface area contributed by atoms with Crippen LogP contribution in [0.2, 0.25) is 0 Å². The first-order valence-corrected chi connectivity index (χ1v) is 9.56. The van der Waals surface area contributed by atoms with Gasteiger partial charge in [-0.25, -0.2) is 4.79 Å². The molecule has 152 valence electrons. The highest BCUT2D eigenvalue weighted by Crippen LogP contribution is 2.30. The number of ether oxygens (including phenoxy) is 2. The van der Waals surface area contributed by atoms with Crippen LogP contribution in [0.4, 0.5) is 4.79 Å². The number of amides is 3. The molecule has 1 unspecified atom stereocenters. The summed E-state index contributed by atoms with van der Waals surface area (Å²) in [5.74, 6) is 1.01. The summed E-state index contributed by atoms with van der Waals surface area (Å²) in [6, 6.07) is 13.8. The predicted molar refractivity (Wildman–Crippen MR) is 110 cm³/mol. The molecule has 7 heteroatoms. The summed E-state index contributed by atoms with van der Waals surface area (Å²) in [4.78, 5) is 25.2. The molecule has 1 heterocycles. The summed E-state index contributed by atoms with van der Waals surface area (Å²) < 4.78 is 10.8. The van der Waals surface area contributed by atoms with Crippen molar-refractivity contribution < 1.29 is 19.1 Å². The van der Waals surface area contributed by atoms with Gasteiger partial charge >= 0.3 is 6.03 Å². The van der Waals surface area contributed by atoms with Gasteiger partial charge in [0.15, 0.2) is 0 Å². The van der Waals surface area contributed by atoms with E-state index in [1.54, 1.807) is 38.3 Å². The molecule has 29 heavy (non-hydrogen) atoms. The van der Waals surface area contributed by atoms with Gasteiger partial charge in [0.05, 0.1) is 19.9 Å². The third kappa shape index (κ3) is 4.39. The Labute approximate surface area is 170 Å². The van der Waals surface area contributed by atoms with Gasteiger partial charge in [-0.3, -0.25) is 4.79 Å². The highest BCUT2D eigenvalue weighted by molar-refractivity contribution is 6.07. The van der Waals surface area contributed by atoms with Gasteiger partial charge in [-0.05, 0) is 60.9 Å². The zero-order valence-electron chi connectivity index (χ0n) is 16.8. The Morgan fingerprint density at radius 3 is 2.34 bits per heavy atom. The highest BCUT2D eigenvalue weighted by Gasteiger charge is 2.49. The van der Waals surface area contributed by atoms with E-state index in [2.05, 4.69) is 17.3 Å². The van der Waals surface area contributed by atoms with Gasteiger partial charge in [-0.2, -0.15) is 5.10 Å². The summed E-state index contributed by atoms with van der Waals surface area (Å²) in [5, 5.41) is 7.67. The van der Waals surface area contributed by atoms with Crippen molar-refractivity contribution in [1.29, 1.82) is 0 Å². The third-order valence-corrected chi connectivity index (χ3v) is 4.81. The number of imide groups is 1. The minimum absolute atomic E-state index is 0.441. The standard InChI is InChI=1S/C22H25N3O4/c1-4-5-14-29-19-10-6-16(7-11-19)15-23-25-20(26)22(2,24-21(25)27)17-8-12-18(28-3)13-9-17/h6-13,15H,4-5,14H2,1-3H3,(H,24,27)/b23-15+. The van der Waals surface area contributed by atoms with Crippen molar-refractivity contribution in [2.75, 3.05) is 13.7 Å². The molecular weight excluding hydrogens is 370 g/mol. The number of carbonyl (C=O) groups is 2. The molecule has 2 aromatic carbocycles. The van der Waals surface area contributed by atoms with Crippen LogP contribution in [-0.2, 0) is 10.3 Å². The average molecular weight is 395 g/mol. The average Bonchev–Trinajstić information content (AvgIpc) is 2.96. The number of nitrogens with one attached hydrogen (secondary N) is 1. The molecular formula is C22H25N3O4. The van der Waals surface area contributed by atoms with Crippen LogP contribution in [0.3, 0.4) is 0 Å². The quantitative estimate of drug-likeness (QED) is 0.420. The number of benzene rings is 2. The number of methoxy groups -OCH3 is 1. The Morgan fingerprint density at radius 2 is 1.72 bits per heavy atom. The first kappa shape index (κ1) is 20.4.